The maximum absolute atomic E-state index is 10.4. The second kappa shape index (κ2) is 3.22. The summed E-state index contributed by atoms with van der Waals surface area (Å²) in [5, 5.41) is 11.8. The number of piperidine rings is 1. The Morgan fingerprint density at radius 1 is 1.64 bits per heavy atom. The van der Waals surface area contributed by atoms with Crippen molar-refractivity contribution in [3.8, 4) is 0 Å². The molecule has 0 aromatic rings. The van der Waals surface area contributed by atoms with Gasteiger partial charge >= 0.3 is 5.97 Å². The van der Waals surface area contributed by atoms with Gasteiger partial charge in [0, 0.05) is 5.54 Å². The van der Waals surface area contributed by atoms with E-state index in [0.717, 1.165) is 19.4 Å². The van der Waals surface area contributed by atoms with Crippen molar-refractivity contribution in [3.63, 3.8) is 0 Å². The van der Waals surface area contributed by atoms with Crippen LogP contribution < -0.4 is 5.32 Å². The van der Waals surface area contributed by atoms with Crippen molar-refractivity contribution >= 4 is 5.97 Å². The third kappa shape index (κ3) is 2.50. The molecule has 1 heterocycles. The minimum absolute atomic E-state index is 0.149. The fraction of sp³-hybridized carbons (Fsp3) is 0.875. The summed E-state index contributed by atoms with van der Waals surface area (Å²) in [6, 6.07) is 0. The van der Waals surface area contributed by atoms with Crippen LogP contribution in [0.1, 0.15) is 32.6 Å². The Hall–Kier alpha value is -0.570. The highest BCUT2D eigenvalue weighted by molar-refractivity contribution is 5.68. The van der Waals surface area contributed by atoms with Gasteiger partial charge in [-0.3, -0.25) is 4.79 Å². The van der Waals surface area contributed by atoms with Crippen molar-refractivity contribution in [3.05, 3.63) is 0 Å². The second-order valence-corrected chi connectivity index (χ2v) is 3.52. The molecular weight excluding hydrogens is 142 g/mol. The highest BCUT2D eigenvalue weighted by Crippen LogP contribution is 2.21. The number of nitrogens with one attached hydrogen (secondary N) is 1. The average Bonchev–Trinajstić information content (AvgIpc) is 1.85. The van der Waals surface area contributed by atoms with E-state index in [4.69, 9.17) is 5.11 Å². The van der Waals surface area contributed by atoms with Crippen LogP contribution in [0, 0.1) is 0 Å². The second-order valence-electron chi connectivity index (χ2n) is 3.52. The number of hydrogen-bond donors (Lipinski definition) is 2. The summed E-state index contributed by atoms with van der Waals surface area (Å²) in [4.78, 5) is 10.4. The predicted octanol–water partition coefficient (Wildman–Crippen LogP) is 0.993. The van der Waals surface area contributed by atoms with E-state index in [0.29, 0.717) is 0 Å². The molecular formula is C8H15NO2. The highest BCUT2D eigenvalue weighted by atomic mass is 16.4. The summed E-state index contributed by atoms with van der Waals surface area (Å²) in [5.41, 5.74) is -0.149. The van der Waals surface area contributed by atoms with Crippen molar-refractivity contribution in [2.45, 2.75) is 38.1 Å². The van der Waals surface area contributed by atoms with Crippen LogP contribution in [0.4, 0.5) is 0 Å². The summed E-state index contributed by atoms with van der Waals surface area (Å²) >= 11 is 0. The molecule has 0 aromatic heterocycles. The Balaban J connectivity index is 2.43. The zero-order valence-corrected chi connectivity index (χ0v) is 6.89. The van der Waals surface area contributed by atoms with Crippen LogP contribution in [0.3, 0.4) is 0 Å². The molecule has 3 heteroatoms. The smallest absolute Gasteiger partial charge is 0.305 e. The number of aliphatic carboxylic acids is 1. The molecule has 3 nitrogen and oxygen atoms in total. The first kappa shape index (κ1) is 8.53. The van der Waals surface area contributed by atoms with Gasteiger partial charge in [-0.2, -0.15) is 0 Å². The van der Waals surface area contributed by atoms with Crippen LogP contribution in [0.25, 0.3) is 0 Å². The largest absolute Gasteiger partial charge is 0.481 e. The van der Waals surface area contributed by atoms with Crippen molar-refractivity contribution in [1.82, 2.24) is 5.32 Å². The van der Waals surface area contributed by atoms with Gasteiger partial charge in [0.25, 0.3) is 0 Å². The van der Waals surface area contributed by atoms with Gasteiger partial charge in [-0.25, -0.2) is 0 Å². The van der Waals surface area contributed by atoms with E-state index in [9.17, 15) is 4.79 Å². The van der Waals surface area contributed by atoms with Gasteiger partial charge in [-0.05, 0) is 26.3 Å². The van der Waals surface area contributed by atoms with E-state index in [1.165, 1.54) is 6.42 Å². The molecule has 0 amide bonds. The number of carboxylic acid groups (broad SMARTS) is 1. The lowest BCUT2D eigenvalue weighted by molar-refractivity contribution is -0.138. The fourth-order valence-corrected chi connectivity index (χ4v) is 1.60. The van der Waals surface area contributed by atoms with E-state index in [2.05, 4.69) is 5.32 Å². The summed E-state index contributed by atoms with van der Waals surface area (Å²) < 4.78 is 0. The van der Waals surface area contributed by atoms with Crippen LogP contribution >= 0.6 is 0 Å². The van der Waals surface area contributed by atoms with Crippen LogP contribution in [0.5, 0.6) is 0 Å². The van der Waals surface area contributed by atoms with Gasteiger partial charge in [-0.1, -0.05) is 6.42 Å². The minimum Gasteiger partial charge on any atom is -0.481 e. The lowest BCUT2D eigenvalue weighted by Crippen LogP contribution is -2.47. The average molecular weight is 157 g/mol. The maximum atomic E-state index is 10.4. The first-order valence-corrected chi connectivity index (χ1v) is 4.09. The van der Waals surface area contributed by atoms with E-state index in [-0.39, 0.29) is 12.0 Å². The van der Waals surface area contributed by atoms with Crippen molar-refractivity contribution < 1.29 is 9.90 Å². The number of rotatable bonds is 2. The minimum atomic E-state index is -0.707. The molecule has 11 heavy (non-hydrogen) atoms. The first-order chi connectivity index (χ1) is 5.12. The molecule has 2 N–H and O–H groups in total. The quantitative estimate of drug-likeness (QED) is 0.628. The molecule has 0 bridgehead atoms. The van der Waals surface area contributed by atoms with Crippen LogP contribution in [0.2, 0.25) is 0 Å². The monoisotopic (exact) mass is 157 g/mol. The highest BCUT2D eigenvalue weighted by Gasteiger charge is 2.28. The Morgan fingerprint density at radius 3 is 2.82 bits per heavy atom. The van der Waals surface area contributed by atoms with Crippen LogP contribution in [0.15, 0.2) is 0 Å². The summed E-state index contributed by atoms with van der Waals surface area (Å²) in [6.07, 6.45) is 3.55. The van der Waals surface area contributed by atoms with E-state index in [1.807, 2.05) is 6.92 Å². The van der Waals surface area contributed by atoms with Gasteiger partial charge in [-0.15, -0.1) is 0 Å². The molecule has 1 atom stereocenters. The van der Waals surface area contributed by atoms with Gasteiger partial charge in [0.2, 0.25) is 0 Å². The van der Waals surface area contributed by atoms with E-state index in [1.54, 1.807) is 0 Å². The molecule has 0 radical (unpaired) electrons. The zero-order valence-electron chi connectivity index (χ0n) is 6.89. The summed E-state index contributed by atoms with van der Waals surface area (Å²) in [7, 11) is 0. The summed E-state index contributed by atoms with van der Waals surface area (Å²) in [6.45, 7) is 2.95. The van der Waals surface area contributed by atoms with E-state index >= 15 is 0 Å². The maximum Gasteiger partial charge on any atom is 0.305 e. The molecule has 1 aliphatic rings. The van der Waals surface area contributed by atoms with Crippen LogP contribution in [-0.4, -0.2) is 23.2 Å². The Morgan fingerprint density at radius 2 is 2.36 bits per heavy atom. The van der Waals surface area contributed by atoms with Crippen LogP contribution in [-0.2, 0) is 4.79 Å². The topological polar surface area (TPSA) is 49.3 Å². The predicted molar refractivity (Wildman–Crippen MR) is 42.5 cm³/mol. The third-order valence-corrected chi connectivity index (χ3v) is 2.25. The van der Waals surface area contributed by atoms with E-state index < -0.39 is 5.97 Å². The van der Waals surface area contributed by atoms with Gasteiger partial charge in [0.15, 0.2) is 0 Å². The molecule has 1 saturated heterocycles. The number of hydrogen-bond acceptors (Lipinski definition) is 2. The summed E-state index contributed by atoms with van der Waals surface area (Å²) in [5.74, 6) is -0.707. The molecule has 1 rings (SSSR count). The lowest BCUT2D eigenvalue weighted by Gasteiger charge is -2.33. The lowest BCUT2D eigenvalue weighted by atomic mass is 9.88. The molecule has 0 aliphatic carbocycles. The fourth-order valence-electron chi connectivity index (χ4n) is 1.60. The Labute approximate surface area is 66.8 Å². The van der Waals surface area contributed by atoms with Gasteiger partial charge in [0.05, 0.1) is 6.42 Å². The normalized spacial score (nSPS) is 31.7. The zero-order chi connectivity index (χ0) is 8.32. The van der Waals surface area contributed by atoms with Gasteiger partial charge < -0.3 is 10.4 Å². The molecule has 0 saturated carbocycles. The first-order valence-electron chi connectivity index (χ1n) is 4.09. The molecule has 1 fully saturated rings. The Bertz CT molecular complexity index is 150. The number of carbonyl (C=O) groups is 1. The van der Waals surface area contributed by atoms with Crippen molar-refractivity contribution in [2.75, 3.05) is 6.54 Å². The van der Waals surface area contributed by atoms with Crippen molar-refractivity contribution in [2.24, 2.45) is 0 Å². The molecule has 64 valence electrons. The van der Waals surface area contributed by atoms with Crippen molar-refractivity contribution in [1.29, 1.82) is 0 Å². The molecule has 1 aliphatic heterocycles. The molecule has 0 aromatic carbocycles. The third-order valence-electron chi connectivity index (χ3n) is 2.25. The number of carboxylic acids is 1. The molecule has 1 unspecified atom stereocenters. The Kier molecular flexibility index (Phi) is 2.49. The van der Waals surface area contributed by atoms with Gasteiger partial charge in [0.1, 0.15) is 0 Å². The standard InChI is InChI=1S/C8H15NO2/c1-8(6-7(10)11)4-2-3-5-9-8/h9H,2-6H2,1H3,(H,10,11). The SMILES string of the molecule is CC1(CC(=O)O)CCCCN1. The molecule has 0 spiro atoms.